The van der Waals surface area contributed by atoms with E-state index in [0.717, 1.165) is 26.9 Å². The van der Waals surface area contributed by atoms with E-state index < -0.39 is 19.3 Å². The Kier molecular flexibility index (Phi) is 5.97. The monoisotopic (exact) mass is 342 g/mol. The predicted octanol–water partition coefficient (Wildman–Crippen LogP) is -0.191. The lowest BCUT2D eigenvalue weighted by Crippen LogP contribution is -2.48. The number of rotatable bonds is 8. The van der Waals surface area contributed by atoms with Crippen LogP contribution in [0.2, 0.25) is 0 Å². The van der Waals surface area contributed by atoms with Crippen LogP contribution in [0.5, 0.6) is 0 Å². The van der Waals surface area contributed by atoms with E-state index in [1.54, 1.807) is 13.8 Å². The summed E-state index contributed by atoms with van der Waals surface area (Å²) in [6, 6.07) is -0.470. The van der Waals surface area contributed by atoms with E-state index in [-0.39, 0.29) is 18.4 Å². The summed E-state index contributed by atoms with van der Waals surface area (Å²) in [6.07, 6.45) is 4.86. The van der Waals surface area contributed by atoms with Crippen LogP contribution >= 0.6 is 7.60 Å². The lowest BCUT2D eigenvalue weighted by Gasteiger charge is -2.27. The van der Waals surface area contributed by atoms with Gasteiger partial charge in [-0.05, 0) is 19.3 Å². The van der Waals surface area contributed by atoms with E-state index in [1.165, 1.54) is 10.8 Å². The number of amides is 1. The number of aromatic nitrogens is 3. The van der Waals surface area contributed by atoms with Crippen LogP contribution in [0.15, 0.2) is 6.20 Å². The minimum atomic E-state index is -3.71. The summed E-state index contributed by atoms with van der Waals surface area (Å²) in [7, 11) is -2.68. The Morgan fingerprint density at radius 3 is 2.91 bits per heavy atom. The Balaban J connectivity index is 1.81. The van der Waals surface area contributed by atoms with Crippen molar-refractivity contribution in [2.45, 2.75) is 57.3 Å². The van der Waals surface area contributed by atoms with Gasteiger partial charge in [0, 0.05) is 18.7 Å². The summed E-state index contributed by atoms with van der Waals surface area (Å²) in [5, 5.41) is 10.5. The van der Waals surface area contributed by atoms with Gasteiger partial charge in [-0.3, -0.25) is 14.0 Å². The van der Waals surface area contributed by atoms with Gasteiger partial charge in [-0.25, -0.2) is 0 Å². The molecule has 4 N–H and O–H groups in total. The molecule has 1 aromatic heterocycles. The molecule has 2 unspecified atom stereocenters. The van der Waals surface area contributed by atoms with Gasteiger partial charge in [-0.1, -0.05) is 19.1 Å². The molecule has 1 saturated carbocycles. The maximum atomic E-state index is 11.9. The second-order valence-corrected chi connectivity index (χ2v) is 8.38. The van der Waals surface area contributed by atoms with Gasteiger partial charge in [0.1, 0.15) is 0 Å². The van der Waals surface area contributed by atoms with Gasteiger partial charge in [0.05, 0.1) is 17.4 Å². The third-order valence-corrected chi connectivity index (χ3v) is 5.44. The average Bonchev–Trinajstić information content (AvgIpc) is 2.88. The molecular weight excluding hydrogens is 320 g/mol. The Labute approximate surface area is 135 Å². The van der Waals surface area contributed by atoms with E-state index >= 15 is 0 Å². The van der Waals surface area contributed by atoms with E-state index in [0.29, 0.717) is 5.69 Å². The zero-order valence-corrected chi connectivity index (χ0v) is 14.1. The van der Waals surface area contributed by atoms with Gasteiger partial charge in [0.2, 0.25) is 5.91 Å². The topological polar surface area (TPSA) is 132 Å². The minimum Gasteiger partial charge on any atom is -0.352 e. The second kappa shape index (κ2) is 7.57. The fraction of sp³-hybridized carbons (Fsp3) is 0.750. The Bertz CT molecular complexity index is 592. The number of hydrogen-bond donors (Lipinski definition) is 3. The summed E-state index contributed by atoms with van der Waals surface area (Å²) < 4.78 is 17.7. The highest BCUT2D eigenvalue weighted by molar-refractivity contribution is 7.54. The molecule has 1 aromatic rings. The summed E-state index contributed by atoms with van der Waals surface area (Å²) in [6.45, 7) is 3.17. The first-order valence-electron chi connectivity index (χ1n) is 7.59. The molecule has 23 heavy (non-hydrogen) atoms. The number of nitrogens with zero attached hydrogens (tertiary/aromatic N) is 3. The first-order chi connectivity index (χ1) is 10.8. The van der Waals surface area contributed by atoms with Gasteiger partial charge < -0.3 is 20.4 Å². The Morgan fingerprint density at radius 2 is 2.35 bits per heavy atom. The number of hydrogen-bond acceptors (Lipinski definition) is 6. The van der Waals surface area contributed by atoms with Crippen molar-refractivity contribution < 1.29 is 18.7 Å². The first-order valence-corrected chi connectivity index (χ1v) is 9.23. The normalized spacial score (nSPS) is 19.0. The summed E-state index contributed by atoms with van der Waals surface area (Å²) in [4.78, 5) is 21.5. The highest BCUT2D eigenvalue weighted by Crippen LogP contribution is 2.46. The zero-order chi connectivity index (χ0) is 17.0. The van der Waals surface area contributed by atoms with E-state index in [9.17, 15) is 14.3 Å². The third-order valence-electron chi connectivity index (χ3n) is 3.73. The molecule has 0 spiro atoms. The van der Waals surface area contributed by atoms with Crippen molar-refractivity contribution in [1.82, 2.24) is 20.2 Å². The number of carbonyl (C=O) groups is 1. The highest BCUT2D eigenvalue weighted by Gasteiger charge is 2.26. The third kappa shape index (κ3) is 5.14. The standard InChI is InChI=1S/C12H22BN5O4P/c1-8(2)23(20,21)22-13-18-7-10(16-17-18)6-11(14)12(19)15-9-4-3-5-9/h7-9,11H,3-6,14H2,1-2H3,(H,15,19)(H,20,21). The number of carbonyl (C=O) groups excluding carboxylic acids is 1. The van der Waals surface area contributed by atoms with Crippen LogP contribution in [0.1, 0.15) is 38.8 Å². The lowest BCUT2D eigenvalue weighted by atomic mass is 9.93. The number of nitrogens with two attached hydrogens (primary N) is 1. The molecule has 0 aliphatic heterocycles. The molecule has 0 saturated heterocycles. The van der Waals surface area contributed by atoms with Crippen molar-refractivity contribution in [2.24, 2.45) is 5.73 Å². The molecule has 127 valence electrons. The first kappa shape index (κ1) is 18.1. The van der Waals surface area contributed by atoms with Crippen LogP contribution in [-0.4, -0.2) is 51.1 Å². The zero-order valence-electron chi connectivity index (χ0n) is 13.3. The van der Waals surface area contributed by atoms with Gasteiger partial charge in [0.15, 0.2) is 0 Å². The van der Waals surface area contributed by atoms with Crippen molar-refractivity contribution in [3.05, 3.63) is 11.9 Å². The van der Waals surface area contributed by atoms with Crippen LogP contribution in [0.3, 0.4) is 0 Å². The molecule has 1 aliphatic carbocycles. The molecule has 1 heterocycles. The maximum absolute atomic E-state index is 11.9. The minimum absolute atomic E-state index is 0.204. The van der Waals surface area contributed by atoms with Crippen LogP contribution in [0, 0.1) is 0 Å². The maximum Gasteiger partial charge on any atom is 0.470 e. The molecule has 0 bridgehead atoms. The molecule has 9 nitrogen and oxygen atoms in total. The van der Waals surface area contributed by atoms with E-state index in [1.807, 2.05) is 0 Å². The van der Waals surface area contributed by atoms with Crippen molar-refractivity contribution in [2.75, 3.05) is 0 Å². The summed E-state index contributed by atoms with van der Waals surface area (Å²) in [5.74, 6) is -0.204. The van der Waals surface area contributed by atoms with Gasteiger partial charge >= 0.3 is 15.2 Å². The van der Waals surface area contributed by atoms with Crippen LogP contribution in [-0.2, 0) is 20.2 Å². The Morgan fingerprint density at radius 1 is 1.65 bits per heavy atom. The molecule has 1 fully saturated rings. The van der Waals surface area contributed by atoms with Crippen molar-refractivity contribution in [1.29, 1.82) is 0 Å². The molecule has 1 radical (unpaired) electrons. The van der Waals surface area contributed by atoms with Crippen LogP contribution in [0.25, 0.3) is 0 Å². The Hall–Kier alpha value is -1.22. The molecule has 1 amide bonds. The van der Waals surface area contributed by atoms with E-state index in [4.69, 9.17) is 10.2 Å². The highest BCUT2D eigenvalue weighted by atomic mass is 31.2. The smallest absolute Gasteiger partial charge is 0.352 e. The van der Waals surface area contributed by atoms with Crippen molar-refractivity contribution >= 4 is 21.1 Å². The average molecular weight is 342 g/mol. The fourth-order valence-electron chi connectivity index (χ4n) is 1.87. The van der Waals surface area contributed by atoms with Crippen LogP contribution < -0.4 is 11.1 Å². The molecule has 2 atom stereocenters. The molecule has 11 heteroatoms. The van der Waals surface area contributed by atoms with Gasteiger partial charge in [-0.15, -0.1) is 5.10 Å². The molecule has 2 rings (SSSR count). The van der Waals surface area contributed by atoms with Crippen molar-refractivity contribution in [3.8, 4) is 0 Å². The molecular formula is C12H22BN5O4P. The SMILES string of the molecule is CC(C)P(=O)(O)O[B]n1cc(CC(N)C(=O)NC2CCC2)nn1. The van der Waals surface area contributed by atoms with Crippen LogP contribution in [0.4, 0.5) is 0 Å². The second-order valence-electron chi connectivity index (χ2n) is 6.01. The largest absolute Gasteiger partial charge is 0.470 e. The fourth-order valence-corrected chi connectivity index (χ4v) is 2.35. The molecule has 0 aromatic carbocycles. The quantitative estimate of drug-likeness (QED) is 0.440. The number of nitrogens with one attached hydrogen (secondary N) is 1. The van der Waals surface area contributed by atoms with Crippen molar-refractivity contribution in [3.63, 3.8) is 0 Å². The lowest BCUT2D eigenvalue weighted by molar-refractivity contribution is -0.123. The van der Waals surface area contributed by atoms with Gasteiger partial charge in [-0.2, -0.15) is 0 Å². The van der Waals surface area contributed by atoms with Gasteiger partial charge in [0.25, 0.3) is 0 Å². The summed E-state index contributed by atoms with van der Waals surface area (Å²) in [5.41, 5.74) is 5.83. The van der Waals surface area contributed by atoms with E-state index in [2.05, 4.69) is 15.6 Å². The summed E-state index contributed by atoms with van der Waals surface area (Å²) >= 11 is 0. The predicted molar refractivity (Wildman–Crippen MR) is 84.7 cm³/mol. The molecule has 1 aliphatic rings.